The quantitative estimate of drug-likeness (QED) is 0.550. The van der Waals surface area contributed by atoms with E-state index in [9.17, 15) is 0 Å². The van der Waals surface area contributed by atoms with Gasteiger partial charge in [-0.2, -0.15) is 0 Å². The predicted octanol–water partition coefficient (Wildman–Crippen LogP) is 1.22. The Morgan fingerprint density at radius 1 is 1.17 bits per heavy atom. The highest BCUT2D eigenvalue weighted by molar-refractivity contribution is 4.98. The topological polar surface area (TPSA) is 6.48 Å². The van der Waals surface area contributed by atoms with Gasteiger partial charge in [-0.25, -0.2) is 0 Å². The second-order valence-corrected chi connectivity index (χ2v) is 3.23. The Kier molecular flexibility index (Phi) is 6.72. The van der Waals surface area contributed by atoms with Crippen LogP contribution in [0.5, 0.6) is 0 Å². The molecule has 0 saturated carbocycles. The van der Waals surface area contributed by atoms with E-state index in [4.69, 9.17) is 0 Å². The van der Waals surface area contributed by atoms with Gasteiger partial charge in [0.1, 0.15) is 0 Å². The third kappa shape index (κ3) is 7.51. The summed E-state index contributed by atoms with van der Waals surface area (Å²) in [6.07, 6.45) is 5.90. The van der Waals surface area contributed by atoms with Crippen molar-refractivity contribution in [3.63, 3.8) is 0 Å². The fraction of sp³-hybridized carbons (Fsp3) is 0.600. The van der Waals surface area contributed by atoms with E-state index in [1.165, 1.54) is 0 Å². The molecule has 70 valence electrons. The van der Waals surface area contributed by atoms with Gasteiger partial charge in [-0.3, -0.25) is 0 Å². The third-order valence-electron chi connectivity index (χ3n) is 1.62. The normalized spacial score (nSPS) is 11.8. The van der Waals surface area contributed by atoms with Crippen LogP contribution in [-0.4, -0.2) is 50.6 Å². The number of likely N-dealkylation sites (N-methyl/N-ethyl adjacent to an activating group) is 2. The number of rotatable bonds is 6. The summed E-state index contributed by atoms with van der Waals surface area (Å²) < 4.78 is 0. The summed E-state index contributed by atoms with van der Waals surface area (Å²) in [5, 5.41) is 0. The lowest BCUT2D eigenvalue weighted by molar-refractivity contribution is 0.302. The van der Waals surface area contributed by atoms with Gasteiger partial charge in [0.15, 0.2) is 0 Å². The summed E-state index contributed by atoms with van der Waals surface area (Å²) in [5.41, 5.74) is 0. The molecule has 0 aromatic heterocycles. The lowest BCUT2D eigenvalue weighted by atomic mass is 10.4. The molecular formula is C10H20N2. The summed E-state index contributed by atoms with van der Waals surface area (Å²) in [6, 6.07) is 0. The minimum atomic E-state index is 1.000. The first-order chi connectivity index (χ1) is 5.66. The maximum atomic E-state index is 3.62. The molecule has 0 rings (SSSR count). The molecule has 0 N–H and O–H groups in total. The first-order valence-corrected chi connectivity index (χ1v) is 4.27. The molecule has 0 amide bonds. The maximum absolute atomic E-state index is 3.62. The van der Waals surface area contributed by atoms with E-state index in [-0.39, 0.29) is 0 Å². The van der Waals surface area contributed by atoms with Crippen LogP contribution < -0.4 is 0 Å². The molecule has 2 nitrogen and oxygen atoms in total. The average molecular weight is 168 g/mol. The van der Waals surface area contributed by atoms with Crippen molar-refractivity contribution >= 4 is 0 Å². The molecule has 0 aliphatic heterocycles. The Morgan fingerprint density at radius 2 is 1.83 bits per heavy atom. The van der Waals surface area contributed by atoms with Crippen LogP contribution >= 0.6 is 0 Å². The summed E-state index contributed by atoms with van der Waals surface area (Å²) >= 11 is 0. The Balaban J connectivity index is 3.39. The zero-order valence-corrected chi connectivity index (χ0v) is 8.45. The van der Waals surface area contributed by atoms with Crippen LogP contribution in [0, 0.1) is 0 Å². The highest BCUT2D eigenvalue weighted by atomic mass is 15.1. The van der Waals surface area contributed by atoms with Crippen LogP contribution in [0.2, 0.25) is 0 Å². The highest BCUT2D eigenvalue weighted by Gasteiger charge is 1.95. The van der Waals surface area contributed by atoms with Crippen molar-refractivity contribution in [1.29, 1.82) is 0 Å². The van der Waals surface area contributed by atoms with Crippen LogP contribution in [0.4, 0.5) is 0 Å². The van der Waals surface area contributed by atoms with Crippen LogP contribution in [0.25, 0.3) is 0 Å². The maximum Gasteiger partial charge on any atom is 0.0163 e. The van der Waals surface area contributed by atoms with Crippen LogP contribution in [0.3, 0.4) is 0 Å². The largest absolute Gasteiger partial charge is 0.308 e. The molecule has 0 heterocycles. The fourth-order valence-electron chi connectivity index (χ4n) is 0.799. The molecular weight excluding hydrogens is 148 g/mol. The molecule has 0 aliphatic rings. The number of allylic oxidation sites excluding steroid dienone is 2. The van der Waals surface area contributed by atoms with Gasteiger partial charge < -0.3 is 9.80 Å². The summed E-state index contributed by atoms with van der Waals surface area (Å²) in [7, 11) is 6.30. The van der Waals surface area contributed by atoms with Crippen molar-refractivity contribution in [2.45, 2.75) is 0 Å². The van der Waals surface area contributed by atoms with E-state index in [1.807, 2.05) is 6.08 Å². The van der Waals surface area contributed by atoms with Gasteiger partial charge in [-0.1, -0.05) is 24.8 Å². The van der Waals surface area contributed by atoms with Crippen LogP contribution in [-0.2, 0) is 0 Å². The molecule has 12 heavy (non-hydrogen) atoms. The van der Waals surface area contributed by atoms with Crippen LogP contribution in [0.1, 0.15) is 0 Å². The van der Waals surface area contributed by atoms with Gasteiger partial charge in [0, 0.05) is 19.6 Å². The summed E-state index contributed by atoms with van der Waals surface area (Å²) in [4.78, 5) is 4.47. The Bertz CT molecular complexity index is 139. The number of hydrogen-bond acceptors (Lipinski definition) is 2. The lowest BCUT2D eigenvalue weighted by Gasteiger charge is -2.17. The van der Waals surface area contributed by atoms with Gasteiger partial charge in [-0.05, 0) is 21.1 Å². The zero-order chi connectivity index (χ0) is 9.40. The van der Waals surface area contributed by atoms with Crippen molar-refractivity contribution in [1.82, 2.24) is 9.80 Å². The number of nitrogens with zero attached hydrogens (tertiary/aromatic N) is 2. The second-order valence-electron chi connectivity index (χ2n) is 3.23. The highest BCUT2D eigenvalue weighted by Crippen LogP contribution is 1.85. The van der Waals surface area contributed by atoms with Gasteiger partial charge >= 0.3 is 0 Å². The minimum absolute atomic E-state index is 1.000. The SMILES string of the molecule is C=C/C=C/CN(C)CCN(C)C. The molecule has 0 aromatic rings. The van der Waals surface area contributed by atoms with E-state index in [1.54, 1.807) is 6.08 Å². The predicted molar refractivity (Wildman–Crippen MR) is 55.4 cm³/mol. The van der Waals surface area contributed by atoms with E-state index >= 15 is 0 Å². The fourth-order valence-corrected chi connectivity index (χ4v) is 0.799. The molecule has 0 atom stereocenters. The van der Waals surface area contributed by atoms with E-state index < -0.39 is 0 Å². The zero-order valence-electron chi connectivity index (χ0n) is 8.45. The molecule has 0 radical (unpaired) electrons. The van der Waals surface area contributed by atoms with E-state index in [2.05, 4.69) is 43.6 Å². The molecule has 0 aliphatic carbocycles. The van der Waals surface area contributed by atoms with Gasteiger partial charge in [0.2, 0.25) is 0 Å². The molecule has 0 fully saturated rings. The van der Waals surface area contributed by atoms with Gasteiger partial charge in [-0.15, -0.1) is 0 Å². The Hall–Kier alpha value is -0.600. The van der Waals surface area contributed by atoms with Gasteiger partial charge in [0.25, 0.3) is 0 Å². The van der Waals surface area contributed by atoms with E-state index in [0.717, 1.165) is 19.6 Å². The average Bonchev–Trinajstić information content (AvgIpc) is 2.01. The summed E-state index contributed by atoms with van der Waals surface area (Å²) in [6.45, 7) is 6.83. The summed E-state index contributed by atoms with van der Waals surface area (Å²) in [5.74, 6) is 0. The van der Waals surface area contributed by atoms with Crippen molar-refractivity contribution in [3.8, 4) is 0 Å². The third-order valence-corrected chi connectivity index (χ3v) is 1.62. The first-order valence-electron chi connectivity index (χ1n) is 4.27. The van der Waals surface area contributed by atoms with Crippen molar-refractivity contribution in [3.05, 3.63) is 24.8 Å². The molecule has 2 heteroatoms. The second kappa shape index (κ2) is 7.07. The van der Waals surface area contributed by atoms with Crippen molar-refractivity contribution < 1.29 is 0 Å². The van der Waals surface area contributed by atoms with Gasteiger partial charge in [0.05, 0.1) is 0 Å². The molecule has 0 spiro atoms. The Morgan fingerprint density at radius 3 is 2.33 bits per heavy atom. The Labute approximate surface area is 76.2 Å². The molecule has 0 bridgehead atoms. The van der Waals surface area contributed by atoms with Crippen molar-refractivity contribution in [2.75, 3.05) is 40.8 Å². The lowest BCUT2D eigenvalue weighted by Crippen LogP contribution is -2.28. The van der Waals surface area contributed by atoms with Crippen LogP contribution in [0.15, 0.2) is 24.8 Å². The standard InChI is InChI=1S/C10H20N2/c1-5-6-7-8-12(4)10-9-11(2)3/h5-7H,1,8-10H2,2-4H3/b7-6+. The van der Waals surface area contributed by atoms with Crippen molar-refractivity contribution in [2.24, 2.45) is 0 Å². The molecule has 0 unspecified atom stereocenters. The molecule has 0 aromatic carbocycles. The molecule has 0 saturated heterocycles. The first kappa shape index (κ1) is 11.4. The smallest absolute Gasteiger partial charge is 0.0163 e. The monoisotopic (exact) mass is 168 g/mol. The number of hydrogen-bond donors (Lipinski definition) is 0. The van der Waals surface area contributed by atoms with E-state index in [0.29, 0.717) is 0 Å². The minimum Gasteiger partial charge on any atom is -0.308 e.